The molecule has 2 heterocycles. The number of nitrogens with one attached hydrogen (secondary N) is 2. The quantitative estimate of drug-likeness (QED) is 0.103. The molecule has 0 saturated heterocycles. The van der Waals surface area contributed by atoms with Gasteiger partial charge in [0, 0.05) is 24.6 Å². The van der Waals surface area contributed by atoms with Crippen molar-refractivity contribution >= 4 is 48.2 Å². The number of furan rings is 1. The topological polar surface area (TPSA) is 108 Å². The fraction of sp³-hybridized carbons (Fsp3) is 0.281. The number of nitrogens with zero attached hydrogens (tertiary/aromatic N) is 2. The summed E-state index contributed by atoms with van der Waals surface area (Å²) in [5, 5.41) is 15.1. The zero-order valence-electron chi connectivity index (χ0n) is 23.7. The van der Waals surface area contributed by atoms with Crippen LogP contribution in [0.2, 0.25) is 0 Å². The number of pyridine rings is 1. The Hall–Kier alpha value is -4.12. The Morgan fingerprint density at radius 3 is 2.41 bits per heavy atom. The van der Waals surface area contributed by atoms with Gasteiger partial charge in [-0.05, 0) is 80.1 Å². The van der Waals surface area contributed by atoms with Crippen LogP contribution in [0.5, 0.6) is 0 Å². The van der Waals surface area contributed by atoms with Crippen molar-refractivity contribution in [1.82, 2.24) is 15.6 Å². The summed E-state index contributed by atoms with van der Waals surface area (Å²) in [6.45, 7) is 1.59. The fourth-order valence-corrected chi connectivity index (χ4v) is 5.68. The largest absolute Gasteiger partial charge is 0.437 e. The molecule has 1 aliphatic carbocycles. The smallest absolute Gasteiger partial charge is 0.291 e. The second kappa shape index (κ2) is 12.1. The number of carbonyl (C=O) groups is 2. The second-order valence-electron chi connectivity index (χ2n) is 10.7. The molecule has 2 aromatic carbocycles. The summed E-state index contributed by atoms with van der Waals surface area (Å²) in [4.78, 5) is 30.8. The van der Waals surface area contributed by atoms with Crippen molar-refractivity contribution in [1.29, 1.82) is 5.26 Å². The molecule has 4 aromatic rings. The number of nitriles is 1. The molecule has 1 atom stereocenters. The molecule has 1 saturated carbocycles. The fourth-order valence-electron chi connectivity index (χ4n) is 5.03. The molecule has 0 radical (unpaired) electrons. The zero-order valence-corrected chi connectivity index (χ0v) is 25.9. The first-order chi connectivity index (χ1) is 20.9. The van der Waals surface area contributed by atoms with Gasteiger partial charge in [-0.15, -0.1) is 0 Å². The van der Waals surface area contributed by atoms with Gasteiger partial charge >= 0.3 is 0 Å². The molecule has 2 N–H and O–H groups in total. The standard InChI is InChI=1S/C32H27F4IN4O3/c1-31(16-38,19-7-8-19)41-28(42)22-14-18(6-11-24(22)34)21-15-23-26(29(43)39-3)27(17-4-9-20(33)10-5-17)44-30(23)40-25(21)12-13-32(35,36)37-2/h4-6,9-11,14-15,19H,2,7-8,12-13H2,1,3H3,(H,39,43)(H,41,42). The van der Waals surface area contributed by atoms with Crippen LogP contribution in [-0.2, 0) is 6.42 Å². The maximum atomic E-state index is 15.0. The summed E-state index contributed by atoms with van der Waals surface area (Å²) in [6, 6.07) is 12.7. The molecule has 1 fully saturated rings. The highest BCUT2D eigenvalue weighted by Gasteiger charge is 2.43. The summed E-state index contributed by atoms with van der Waals surface area (Å²) < 4.78 is 63.8. The maximum absolute atomic E-state index is 15.0. The number of halogens is 5. The lowest BCUT2D eigenvalue weighted by Crippen LogP contribution is -2.46. The lowest BCUT2D eigenvalue weighted by atomic mass is 9.95. The molecule has 12 heteroatoms. The van der Waals surface area contributed by atoms with E-state index in [-0.39, 0.29) is 57.1 Å². The first kappa shape index (κ1) is 31.3. The SMILES string of the molecule is C=IC(F)(F)CCc1nc2oc(-c3ccc(F)cc3)c(C(=O)NC)c2cc1-c1ccc(F)c(C(=O)NC(C)(C#N)C2CC2)c1. The van der Waals surface area contributed by atoms with Crippen molar-refractivity contribution in [2.45, 2.75) is 42.1 Å². The van der Waals surface area contributed by atoms with E-state index in [2.05, 4.69) is 26.2 Å². The first-order valence-corrected chi connectivity index (χ1v) is 16.3. The minimum absolute atomic E-state index is 0.0105. The summed E-state index contributed by atoms with van der Waals surface area (Å²) in [5.41, 5.74) is -0.315. The van der Waals surface area contributed by atoms with Crippen LogP contribution in [0.15, 0.2) is 52.9 Å². The van der Waals surface area contributed by atoms with Gasteiger partial charge in [0.1, 0.15) is 22.9 Å². The minimum Gasteiger partial charge on any atom is -0.437 e. The van der Waals surface area contributed by atoms with Crippen molar-refractivity contribution in [3.8, 4) is 28.5 Å². The van der Waals surface area contributed by atoms with Gasteiger partial charge < -0.3 is 15.1 Å². The van der Waals surface area contributed by atoms with E-state index in [9.17, 15) is 28.0 Å². The minimum atomic E-state index is -2.99. The second-order valence-corrected chi connectivity index (χ2v) is 13.1. The van der Waals surface area contributed by atoms with E-state index in [0.29, 0.717) is 5.56 Å². The molecule has 2 aromatic heterocycles. The predicted molar refractivity (Wildman–Crippen MR) is 167 cm³/mol. The summed E-state index contributed by atoms with van der Waals surface area (Å²) in [5.74, 6) is -2.60. The van der Waals surface area contributed by atoms with E-state index in [1.165, 1.54) is 49.5 Å². The van der Waals surface area contributed by atoms with Gasteiger partial charge in [-0.1, -0.05) is 31.3 Å². The zero-order chi connectivity index (χ0) is 31.8. The van der Waals surface area contributed by atoms with Gasteiger partial charge in [-0.25, -0.2) is 13.8 Å². The van der Waals surface area contributed by atoms with Crippen LogP contribution >= 0.6 is 20.7 Å². The monoisotopic (exact) mass is 718 g/mol. The van der Waals surface area contributed by atoms with E-state index < -0.39 is 60.1 Å². The molecule has 228 valence electrons. The average molecular weight is 718 g/mol. The third-order valence-corrected chi connectivity index (χ3v) is 9.34. The molecule has 1 unspecified atom stereocenters. The van der Waals surface area contributed by atoms with Gasteiger partial charge in [-0.3, -0.25) is 9.59 Å². The third-order valence-electron chi connectivity index (χ3n) is 7.68. The van der Waals surface area contributed by atoms with Crippen LogP contribution in [0.1, 0.15) is 52.6 Å². The number of carbonyl (C=O) groups excluding carboxylic acids is 2. The van der Waals surface area contributed by atoms with Crippen LogP contribution in [0.3, 0.4) is 0 Å². The van der Waals surface area contributed by atoms with E-state index in [1.807, 2.05) is 0 Å². The van der Waals surface area contributed by atoms with Crippen molar-refractivity contribution in [3.63, 3.8) is 0 Å². The Morgan fingerprint density at radius 1 is 1.11 bits per heavy atom. The molecule has 0 spiro atoms. The highest BCUT2D eigenvalue weighted by molar-refractivity contribution is 14.2. The number of aryl methyl sites for hydroxylation is 1. The third kappa shape index (κ3) is 6.24. The Balaban J connectivity index is 1.68. The van der Waals surface area contributed by atoms with Gasteiger partial charge in [0.25, 0.3) is 15.7 Å². The van der Waals surface area contributed by atoms with E-state index in [0.717, 1.165) is 18.9 Å². The van der Waals surface area contributed by atoms with Crippen LogP contribution in [-0.4, -0.2) is 37.8 Å². The molecular formula is C32H27F4IN4O3. The number of hydrogen-bond acceptors (Lipinski definition) is 5. The predicted octanol–water partition coefficient (Wildman–Crippen LogP) is 7.15. The van der Waals surface area contributed by atoms with E-state index in [1.54, 1.807) is 6.92 Å². The van der Waals surface area contributed by atoms with Crippen molar-refractivity contribution in [2.75, 3.05) is 7.05 Å². The van der Waals surface area contributed by atoms with Gasteiger partial charge in [0.2, 0.25) is 5.71 Å². The normalized spacial score (nSPS) is 14.6. The summed E-state index contributed by atoms with van der Waals surface area (Å²) >= 11 is -1.67. The molecule has 5 rings (SSSR count). The lowest BCUT2D eigenvalue weighted by Gasteiger charge is -2.23. The Morgan fingerprint density at radius 2 is 1.80 bits per heavy atom. The number of aromatic nitrogens is 1. The molecule has 2 amide bonds. The van der Waals surface area contributed by atoms with Crippen molar-refractivity contribution < 1.29 is 31.6 Å². The van der Waals surface area contributed by atoms with Crippen LogP contribution < -0.4 is 10.6 Å². The van der Waals surface area contributed by atoms with Crippen LogP contribution in [0.25, 0.3) is 33.6 Å². The number of alkyl halides is 3. The first-order valence-electron chi connectivity index (χ1n) is 13.6. The number of benzene rings is 2. The number of hydrogen-bond donors (Lipinski definition) is 2. The van der Waals surface area contributed by atoms with Crippen LogP contribution in [0, 0.1) is 28.9 Å². The molecule has 0 bridgehead atoms. The number of amides is 2. The molecule has 1 aliphatic rings. The number of fused-ring (bicyclic) bond motifs is 1. The average Bonchev–Trinajstić information content (AvgIpc) is 3.81. The summed E-state index contributed by atoms with van der Waals surface area (Å²) in [6.07, 6.45) is 0.767. The molecule has 44 heavy (non-hydrogen) atoms. The van der Waals surface area contributed by atoms with E-state index in [4.69, 9.17) is 4.42 Å². The van der Waals surface area contributed by atoms with Crippen LogP contribution in [0.4, 0.5) is 17.6 Å². The Kier molecular flexibility index (Phi) is 8.62. The number of rotatable bonds is 10. The Labute approximate surface area is 260 Å². The van der Waals surface area contributed by atoms with Crippen molar-refractivity contribution in [3.05, 3.63) is 77.0 Å². The lowest BCUT2D eigenvalue weighted by molar-refractivity contribution is 0.0911. The highest BCUT2D eigenvalue weighted by Crippen LogP contribution is 2.41. The van der Waals surface area contributed by atoms with Crippen molar-refractivity contribution in [2.24, 2.45) is 5.92 Å². The highest BCUT2D eigenvalue weighted by atomic mass is 127. The summed E-state index contributed by atoms with van der Waals surface area (Å²) in [7, 11) is 1.42. The van der Waals surface area contributed by atoms with E-state index >= 15 is 4.39 Å². The van der Waals surface area contributed by atoms with Gasteiger partial charge in [0.05, 0.1) is 28.3 Å². The van der Waals surface area contributed by atoms with Gasteiger partial charge in [0.15, 0.2) is 0 Å². The van der Waals surface area contributed by atoms with Gasteiger partial charge in [-0.2, -0.15) is 14.0 Å². The molecular weight excluding hydrogens is 691 g/mol. The molecule has 0 aliphatic heterocycles. The Bertz CT molecular complexity index is 1830. The molecule has 7 nitrogen and oxygen atoms in total. The maximum Gasteiger partial charge on any atom is 0.291 e.